The molecule has 3 aromatic rings. The van der Waals surface area contributed by atoms with Crippen LogP contribution in [-0.2, 0) is 6.42 Å². The summed E-state index contributed by atoms with van der Waals surface area (Å²) in [5.74, 6) is 0.892. The standard InChI is InChI=1S/C21H18ClN3O3/c1-2-5-14-9-16(15-6-3-4-7-18(15)24-14)21(26)25-23-11-13-8-19-20(10-17(13)22)28-12-27-19/h3-4,6-11H,2,5,12H2,1H3,(H,25,26)/b23-11-. The molecule has 1 aromatic heterocycles. The number of nitrogens with one attached hydrogen (secondary N) is 1. The van der Waals surface area contributed by atoms with E-state index < -0.39 is 0 Å². The molecule has 2 heterocycles. The van der Waals surface area contributed by atoms with E-state index in [4.69, 9.17) is 21.1 Å². The highest BCUT2D eigenvalue weighted by atomic mass is 35.5. The summed E-state index contributed by atoms with van der Waals surface area (Å²) in [7, 11) is 0. The zero-order chi connectivity index (χ0) is 19.5. The Labute approximate surface area is 167 Å². The van der Waals surface area contributed by atoms with Crippen molar-refractivity contribution in [3.8, 4) is 11.5 Å². The molecule has 0 bridgehead atoms. The number of amides is 1. The molecule has 0 radical (unpaired) electrons. The van der Waals surface area contributed by atoms with Crippen molar-refractivity contribution >= 4 is 34.6 Å². The lowest BCUT2D eigenvalue weighted by Gasteiger charge is -2.08. The normalized spacial score (nSPS) is 12.6. The third kappa shape index (κ3) is 3.64. The zero-order valence-electron chi connectivity index (χ0n) is 15.2. The number of carbonyl (C=O) groups excluding carboxylic acids is 1. The number of hydrazone groups is 1. The van der Waals surface area contributed by atoms with E-state index >= 15 is 0 Å². The minimum Gasteiger partial charge on any atom is -0.454 e. The lowest BCUT2D eigenvalue weighted by atomic mass is 10.1. The van der Waals surface area contributed by atoms with Crippen molar-refractivity contribution in [1.29, 1.82) is 0 Å². The number of hydrogen-bond acceptors (Lipinski definition) is 5. The van der Waals surface area contributed by atoms with E-state index in [9.17, 15) is 4.79 Å². The largest absolute Gasteiger partial charge is 0.454 e. The maximum absolute atomic E-state index is 12.7. The Morgan fingerprint density at radius 1 is 1.25 bits per heavy atom. The monoisotopic (exact) mass is 395 g/mol. The van der Waals surface area contributed by atoms with Crippen LogP contribution in [-0.4, -0.2) is 23.9 Å². The van der Waals surface area contributed by atoms with Gasteiger partial charge in [0.1, 0.15) is 0 Å². The molecule has 0 unspecified atom stereocenters. The molecule has 0 atom stereocenters. The van der Waals surface area contributed by atoms with Crippen LogP contribution in [0.1, 0.15) is 35.0 Å². The molecular formula is C21H18ClN3O3. The number of aromatic nitrogens is 1. The lowest BCUT2D eigenvalue weighted by molar-refractivity contribution is 0.0956. The molecule has 28 heavy (non-hydrogen) atoms. The molecule has 1 N–H and O–H groups in total. The lowest BCUT2D eigenvalue weighted by Crippen LogP contribution is -2.18. The average molecular weight is 396 g/mol. The number of ether oxygens (including phenoxy) is 2. The van der Waals surface area contributed by atoms with Crippen LogP contribution < -0.4 is 14.9 Å². The number of nitrogens with zero attached hydrogens (tertiary/aromatic N) is 2. The molecule has 4 rings (SSSR count). The SMILES string of the molecule is CCCc1cc(C(=O)N/N=C\c2cc3c(cc2Cl)OCO3)c2ccccc2n1. The molecule has 1 aliphatic rings. The molecule has 2 aromatic carbocycles. The topological polar surface area (TPSA) is 72.8 Å². The first-order chi connectivity index (χ1) is 13.7. The number of hydrogen-bond donors (Lipinski definition) is 1. The third-order valence-electron chi connectivity index (χ3n) is 4.38. The van der Waals surface area contributed by atoms with Gasteiger partial charge in [-0.2, -0.15) is 5.10 Å². The summed E-state index contributed by atoms with van der Waals surface area (Å²) in [6.07, 6.45) is 3.24. The quantitative estimate of drug-likeness (QED) is 0.515. The van der Waals surface area contributed by atoms with Gasteiger partial charge in [-0.3, -0.25) is 9.78 Å². The van der Waals surface area contributed by atoms with Gasteiger partial charge in [-0.15, -0.1) is 0 Å². The molecule has 0 fully saturated rings. The van der Waals surface area contributed by atoms with E-state index in [0.29, 0.717) is 27.6 Å². The van der Waals surface area contributed by atoms with Crippen LogP contribution in [0, 0.1) is 0 Å². The molecule has 0 saturated carbocycles. The van der Waals surface area contributed by atoms with Gasteiger partial charge in [0, 0.05) is 22.7 Å². The first-order valence-corrected chi connectivity index (χ1v) is 9.34. The van der Waals surface area contributed by atoms with Crippen LogP contribution in [0.25, 0.3) is 10.9 Å². The number of benzene rings is 2. The fourth-order valence-corrected chi connectivity index (χ4v) is 3.26. The Morgan fingerprint density at radius 3 is 2.86 bits per heavy atom. The fourth-order valence-electron chi connectivity index (χ4n) is 3.05. The van der Waals surface area contributed by atoms with Gasteiger partial charge < -0.3 is 9.47 Å². The number of halogens is 1. The smallest absolute Gasteiger partial charge is 0.272 e. The van der Waals surface area contributed by atoms with Crippen molar-refractivity contribution in [2.75, 3.05) is 6.79 Å². The van der Waals surface area contributed by atoms with Gasteiger partial charge in [-0.25, -0.2) is 5.43 Å². The Bertz CT molecular complexity index is 1080. The van der Waals surface area contributed by atoms with Crippen molar-refractivity contribution < 1.29 is 14.3 Å². The highest BCUT2D eigenvalue weighted by Crippen LogP contribution is 2.36. The van der Waals surface area contributed by atoms with Crippen LogP contribution in [0.5, 0.6) is 11.5 Å². The molecule has 1 amide bonds. The second kappa shape index (κ2) is 7.86. The number of carbonyl (C=O) groups is 1. The highest BCUT2D eigenvalue weighted by Gasteiger charge is 2.16. The average Bonchev–Trinajstić information content (AvgIpc) is 3.14. The van der Waals surface area contributed by atoms with Crippen molar-refractivity contribution in [2.24, 2.45) is 5.10 Å². The minimum absolute atomic E-state index is 0.165. The maximum Gasteiger partial charge on any atom is 0.272 e. The van der Waals surface area contributed by atoms with Gasteiger partial charge in [0.05, 0.1) is 22.3 Å². The summed E-state index contributed by atoms with van der Waals surface area (Å²) < 4.78 is 10.6. The zero-order valence-corrected chi connectivity index (χ0v) is 16.0. The van der Waals surface area contributed by atoms with E-state index in [-0.39, 0.29) is 12.7 Å². The van der Waals surface area contributed by atoms with Crippen molar-refractivity contribution in [1.82, 2.24) is 10.4 Å². The Kier molecular flexibility index (Phi) is 5.12. The summed E-state index contributed by atoms with van der Waals surface area (Å²) in [5.41, 5.74) is 5.42. The molecule has 1 aliphatic heterocycles. The predicted molar refractivity (Wildman–Crippen MR) is 108 cm³/mol. The second-order valence-corrected chi connectivity index (χ2v) is 6.76. The molecule has 7 heteroatoms. The number of pyridine rings is 1. The number of para-hydroxylation sites is 1. The molecule has 0 spiro atoms. The molecular weight excluding hydrogens is 378 g/mol. The highest BCUT2D eigenvalue weighted by molar-refractivity contribution is 6.33. The fraction of sp³-hybridized carbons (Fsp3) is 0.190. The van der Waals surface area contributed by atoms with Crippen molar-refractivity contribution in [3.05, 3.63) is 64.3 Å². The first-order valence-electron chi connectivity index (χ1n) is 8.97. The Hall–Kier alpha value is -3.12. The van der Waals surface area contributed by atoms with Gasteiger partial charge >= 0.3 is 0 Å². The number of fused-ring (bicyclic) bond motifs is 2. The summed E-state index contributed by atoms with van der Waals surface area (Å²) in [6.45, 7) is 2.24. The van der Waals surface area contributed by atoms with Gasteiger partial charge in [0.2, 0.25) is 6.79 Å². The van der Waals surface area contributed by atoms with E-state index in [1.54, 1.807) is 12.1 Å². The first kappa shape index (κ1) is 18.3. The van der Waals surface area contributed by atoms with E-state index in [1.807, 2.05) is 30.3 Å². The maximum atomic E-state index is 12.7. The van der Waals surface area contributed by atoms with Gasteiger partial charge in [0.15, 0.2) is 11.5 Å². The minimum atomic E-state index is -0.302. The van der Waals surface area contributed by atoms with E-state index in [0.717, 1.165) is 29.4 Å². The number of aryl methyl sites for hydroxylation is 1. The summed E-state index contributed by atoms with van der Waals surface area (Å²) in [6, 6.07) is 12.8. The van der Waals surface area contributed by atoms with Crippen molar-refractivity contribution in [3.63, 3.8) is 0 Å². The molecule has 0 saturated heterocycles. The molecule has 142 valence electrons. The Morgan fingerprint density at radius 2 is 2.04 bits per heavy atom. The third-order valence-corrected chi connectivity index (χ3v) is 4.71. The summed E-state index contributed by atoms with van der Waals surface area (Å²) in [4.78, 5) is 17.4. The van der Waals surface area contributed by atoms with Gasteiger partial charge in [0.25, 0.3) is 5.91 Å². The van der Waals surface area contributed by atoms with Crippen molar-refractivity contribution in [2.45, 2.75) is 19.8 Å². The predicted octanol–water partition coefficient (Wildman–Crippen LogP) is 4.33. The summed E-state index contributed by atoms with van der Waals surface area (Å²) in [5, 5.41) is 5.31. The van der Waals surface area contributed by atoms with Crippen LogP contribution >= 0.6 is 11.6 Å². The van der Waals surface area contributed by atoms with Crippen LogP contribution in [0.3, 0.4) is 0 Å². The van der Waals surface area contributed by atoms with Gasteiger partial charge in [-0.1, -0.05) is 43.1 Å². The van der Waals surface area contributed by atoms with E-state index in [1.165, 1.54) is 6.21 Å². The molecule has 0 aliphatic carbocycles. The van der Waals surface area contributed by atoms with Crippen LogP contribution in [0.2, 0.25) is 5.02 Å². The Balaban J connectivity index is 1.58. The van der Waals surface area contributed by atoms with Gasteiger partial charge in [-0.05, 0) is 24.6 Å². The van der Waals surface area contributed by atoms with Crippen LogP contribution in [0.4, 0.5) is 0 Å². The molecule has 6 nitrogen and oxygen atoms in total. The second-order valence-electron chi connectivity index (χ2n) is 6.35. The van der Waals surface area contributed by atoms with E-state index in [2.05, 4.69) is 22.4 Å². The van der Waals surface area contributed by atoms with Crippen LogP contribution in [0.15, 0.2) is 47.6 Å². The summed E-state index contributed by atoms with van der Waals surface area (Å²) >= 11 is 6.23. The number of rotatable bonds is 5.